The molecule has 0 saturated heterocycles. The van der Waals surface area contributed by atoms with Gasteiger partial charge in [0, 0.05) is 14.1 Å². The number of anilines is 1. The fourth-order valence-electron chi connectivity index (χ4n) is 1.03. The van der Waals surface area contributed by atoms with Gasteiger partial charge in [-0.3, -0.25) is 4.79 Å². The summed E-state index contributed by atoms with van der Waals surface area (Å²) in [5, 5.41) is 0. The van der Waals surface area contributed by atoms with Gasteiger partial charge in [-0.25, -0.2) is 14.1 Å². The highest BCUT2D eigenvalue weighted by Gasteiger charge is 2.16. The van der Waals surface area contributed by atoms with Gasteiger partial charge >= 0.3 is 6.03 Å². The molecule has 0 N–H and O–H groups in total. The fourth-order valence-corrected chi connectivity index (χ4v) is 1.03. The molecule has 80 valence electrons. The smallest absolute Gasteiger partial charge is 0.330 e. The van der Waals surface area contributed by atoms with Gasteiger partial charge in [-0.2, -0.15) is 0 Å². The van der Waals surface area contributed by atoms with E-state index in [1.165, 1.54) is 43.3 Å². The zero-order chi connectivity index (χ0) is 11.4. The first-order chi connectivity index (χ1) is 7.06. The maximum absolute atomic E-state index is 12.6. The Bertz CT molecular complexity index is 362. The van der Waals surface area contributed by atoms with E-state index in [0.717, 1.165) is 4.90 Å². The molecule has 4 nitrogen and oxygen atoms in total. The summed E-state index contributed by atoms with van der Waals surface area (Å²) in [5.41, 5.74) is 0.338. The first-order valence-corrected chi connectivity index (χ1v) is 4.27. The second-order valence-electron chi connectivity index (χ2n) is 3.13. The van der Waals surface area contributed by atoms with Crippen LogP contribution in [0.1, 0.15) is 0 Å². The minimum atomic E-state index is -0.475. The van der Waals surface area contributed by atoms with E-state index in [0.29, 0.717) is 12.1 Å². The van der Waals surface area contributed by atoms with E-state index in [-0.39, 0.29) is 0 Å². The van der Waals surface area contributed by atoms with E-state index >= 15 is 0 Å². The normalized spacial score (nSPS) is 9.53. The molecule has 0 aliphatic heterocycles. The molecule has 1 aromatic rings. The Morgan fingerprint density at radius 1 is 1.27 bits per heavy atom. The Labute approximate surface area is 86.9 Å². The molecule has 0 aliphatic carbocycles. The second kappa shape index (κ2) is 4.54. The van der Waals surface area contributed by atoms with Crippen LogP contribution in [-0.4, -0.2) is 31.4 Å². The van der Waals surface area contributed by atoms with Crippen LogP contribution < -0.4 is 4.90 Å². The van der Waals surface area contributed by atoms with Crippen molar-refractivity contribution in [1.29, 1.82) is 0 Å². The lowest BCUT2D eigenvalue weighted by Crippen LogP contribution is -2.38. The van der Waals surface area contributed by atoms with Gasteiger partial charge < -0.3 is 4.90 Å². The van der Waals surface area contributed by atoms with Crippen molar-refractivity contribution in [2.45, 2.75) is 0 Å². The number of nitrogens with zero attached hydrogens (tertiary/aromatic N) is 2. The molecule has 0 radical (unpaired) electrons. The maximum atomic E-state index is 12.6. The molecule has 0 saturated carbocycles. The van der Waals surface area contributed by atoms with Gasteiger partial charge in [0.05, 0.1) is 5.69 Å². The summed E-state index contributed by atoms with van der Waals surface area (Å²) < 4.78 is 12.6. The van der Waals surface area contributed by atoms with Crippen molar-refractivity contribution < 1.29 is 14.0 Å². The average Bonchev–Trinajstić information content (AvgIpc) is 2.21. The molecule has 0 spiro atoms. The zero-order valence-corrected chi connectivity index (χ0v) is 8.48. The molecular formula is C10H11FN2O2. The van der Waals surface area contributed by atoms with Crippen LogP contribution in [0.4, 0.5) is 14.9 Å². The third-order valence-electron chi connectivity index (χ3n) is 1.80. The Morgan fingerprint density at radius 2 is 1.80 bits per heavy atom. The Hall–Kier alpha value is -1.91. The number of urea groups is 1. The van der Waals surface area contributed by atoms with Crippen molar-refractivity contribution in [3.63, 3.8) is 0 Å². The molecular weight excluding hydrogens is 199 g/mol. The quantitative estimate of drug-likeness (QED) is 0.693. The fraction of sp³-hybridized carbons (Fsp3) is 0.200. The van der Waals surface area contributed by atoms with E-state index in [4.69, 9.17) is 0 Å². The summed E-state index contributed by atoms with van der Waals surface area (Å²) >= 11 is 0. The standard InChI is InChI=1S/C10H11FN2O2/c1-12(2)10(15)13(7-14)9-5-3-8(11)4-6-9/h3-7H,1-2H3. The molecule has 1 rings (SSSR count). The number of rotatable bonds is 2. The average molecular weight is 210 g/mol. The number of carbonyl (C=O) groups is 2. The summed E-state index contributed by atoms with van der Waals surface area (Å²) in [4.78, 5) is 24.4. The van der Waals surface area contributed by atoms with Gasteiger partial charge in [0.2, 0.25) is 6.41 Å². The molecule has 0 heterocycles. The van der Waals surface area contributed by atoms with Gasteiger partial charge in [-0.15, -0.1) is 0 Å². The monoisotopic (exact) mass is 210 g/mol. The number of imide groups is 1. The van der Waals surface area contributed by atoms with E-state index < -0.39 is 11.8 Å². The lowest BCUT2D eigenvalue weighted by molar-refractivity contribution is -0.106. The van der Waals surface area contributed by atoms with Gasteiger partial charge in [0.25, 0.3) is 0 Å². The summed E-state index contributed by atoms with van der Waals surface area (Å²) in [5.74, 6) is -0.415. The molecule has 15 heavy (non-hydrogen) atoms. The van der Waals surface area contributed by atoms with Crippen molar-refractivity contribution in [1.82, 2.24) is 4.90 Å². The first kappa shape index (κ1) is 11.2. The number of hydrogen-bond donors (Lipinski definition) is 0. The molecule has 0 bridgehead atoms. The van der Waals surface area contributed by atoms with Gasteiger partial charge in [-0.1, -0.05) is 0 Å². The van der Waals surface area contributed by atoms with Crippen molar-refractivity contribution in [3.05, 3.63) is 30.1 Å². The predicted octanol–water partition coefficient (Wildman–Crippen LogP) is 1.47. The number of amides is 3. The van der Waals surface area contributed by atoms with Gasteiger partial charge in [-0.05, 0) is 24.3 Å². The number of hydrogen-bond acceptors (Lipinski definition) is 2. The highest BCUT2D eigenvalue weighted by molar-refractivity contribution is 6.05. The third kappa shape index (κ3) is 2.52. The van der Waals surface area contributed by atoms with E-state index in [1.807, 2.05) is 0 Å². The lowest BCUT2D eigenvalue weighted by Gasteiger charge is -2.19. The lowest BCUT2D eigenvalue weighted by atomic mass is 10.3. The summed E-state index contributed by atoms with van der Waals surface area (Å²) in [7, 11) is 3.06. The number of benzene rings is 1. The Balaban J connectivity index is 2.97. The van der Waals surface area contributed by atoms with Gasteiger partial charge in [0.15, 0.2) is 0 Å². The highest BCUT2D eigenvalue weighted by atomic mass is 19.1. The van der Waals surface area contributed by atoms with E-state index in [1.54, 1.807) is 0 Å². The van der Waals surface area contributed by atoms with E-state index in [2.05, 4.69) is 0 Å². The highest BCUT2D eigenvalue weighted by Crippen LogP contribution is 2.14. The van der Waals surface area contributed by atoms with Crippen molar-refractivity contribution in [3.8, 4) is 0 Å². The van der Waals surface area contributed by atoms with Crippen LogP contribution >= 0.6 is 0 Å². The summed E-state index contributed by atoms with van der Waals surface area (Å²) in [6.45, 7) is 0. The van der Waals surface area contributed by atoms with Crippen LogP contribution in [0.2, 0.25) is 0 Å². The van der Waals surface area contributed by atoms with Crippen molar-refractivity contribution in [2.24, 2.45) is 0 Å². The van der Waals surface area contributed by atoms with E-state index in [9.17, 15) is 14.0 Å². The van der Waals surface area contributed by atoms with Crippen LogP contribution in [0.25, 0.3) is 0 Å². The molecule has 0 fully saturated rings. The first-order valence-electron chi connectivity index (χ1n) is 4.27. The molecule has 0 atom stereocenters. The summed E-state index contributed by atoms with van der Waals surface area (Å²) in [6, 6.07) is 4.64. The summed E-state index contributed by atoms with van der Waals surface area (Å²) in [6.07, 6.45) is 0.398. The molecule has 3 amide bonds. The Kier molecular flexibility index (Phi) is 3.38. The molecule has 0 aromatic heterocycles. The minimum absolute atomic E-state index is 0.338. The van der Waals surface area contributed by atoms with Crippen LogP contribution in [-0.2, 0) is 4.79 Å². The maximum Gasteiger partial charge on any atom is 0.330 e. The zero-order valence-electron chi connectivity index (χ0n) is 8.48. The molecule has 0 aliphatic rings. The number of carbonyl (C=O) groups excluding carboxylic acids is 2. The SMILES string of the molecule is CN(C)C(=O)N(C=O)c1ccc(F)cc1. The third-order valence-corrected chi connectivity index (χ3v) is 1.80. The predicted molar refractivity (Wildman–Crippen MR) is 54.0 cm³/mol. The molecule has 1 aromatic carbocycles. The topological polar surface area (TPSA) is 40.6 Å². The Morgan fingerprint density at radius 3 is 2.20 bits per heavy atom. The van der Waals surface area contributed by atoms with Crippen LogP contribution in [0.15, 0.2) is 24.3 Å². The van der Waals surface area contributed by atoms with Gasteiger partial charge in [0.1, 0.15) is 5.82 Å². The molecule has 0 unspecified atom stereocenters. The molecule has 5 heteroatoms. The van der Waals surface area contributed by atoms with Crippen LogP contribution in [0.5, 0.6) is 0 Å². The largest absolute Gasteiger partial charge is 0.330 e. The van der Waals surface area contributed by atoms with Crippen LogP contribution in [0, 0.1) is 5.82 Å². The van der Waals surface area contributed by atoms with Crippen molar-refractivity contribution >= 4 is 18.1 Å². The number of halogens is 1. The van der Waals surface area contributed by atoms with Crippen molar-refractivity contribution in [2.75, 3.05) is 19.0 Å². The van der Waals surface area contributed by atoms with Crippen LogP contribution in [0.3, 0.4) is 0 Å². The second-order valence-corrected chi connectivity index (χ2v) is 3.13. The minimum Gasteiger partial charge on any atom is -0.330 e.